The molecular formula is C14H20N4O2. The Kier molecular flexibility index (Phi) is 3.82. The Morgan fingerprint density at radius 1 is 1.40 bits per heavy atom. The van der Waals surface area contributed by atoms with Crippen molar-refractivity contribution in [2.75, 3.05) is 24.6 Å². The van der Waals surface area contributed by atoms with Gasteiger partial charge in [0.1, 0.15) is 6.33 Å². The standard InChI is InChI=1S/C14H20N4O2/c1-3-6-18(8-11-5-4-7-19-11)13-12-14(16-9-15-13)20-10(2)17-12/h9,11H,3-8H2,1-2H3/t11-/m1/s1. The van der Waals surface area contributed by atoms with Crippen LogP contribution in [0.3, 0.4) is 0 Å². The van der Waals surface area contributed by atoms with Gasteiger partial charge < -0.3 is 14.1 Å². The molecular weight excluding hydrogens is 256 g/mol. The number of rotatable bonds is 5. The molecule has 0 aromatic carbocycles. The highest BCUT2D eigenvalue weighted by molar-refractivity contribution is 5.81. The maximum atomic E-state index is 5.74. The van der Waals surface area contributed by atoms with Gasteiger partial charge >= 0.3 is 0 Å². The van der Waals surface area contributed by atoms with Gasteiger partial charge in [-0.05, 0) is 19.3 Å². The fourth-order valence-electron chi connectivity index (χ4n) is 2.67. The lowest BCUT2D eigenvalue weighted by atomic mass is 10.2. The van der Waals surface area contributed by atoms with E-state index in [4.69, 9.17) is 9.15 Å². The number of nitrogens with zero attached hydrogens (tertiary/aromatic N) is 4. The molecule has 0 amide bonds. The average Bonchev–Trinajstić information content (AvgIpc) is 3.05. The lowest BCUT2D eigenvalue weighted by Crippen LogP contribution is -2.33. The Balaban J connectivity index is 1.91. The second-order valence-electron chi connectivity index (χ2n) is 5.16. The molecule has 2 aromatic heterocycles. The van der Waals surface area contributed by atoms with Crippen LogP contribution in [-0.2, 0) is 4.74 Å². The zero-order chi connectivity index (χ0) is 13.9. The zero-order valence-corrected chi connectivity index (χ0v) is 12.0. The largest absolute Gasteiger partial charge is 0.422 e. The topological polar surface area (TPSA) is 64.3 Å². The summed E-state index contributed by atoms with van der Waals surface area (Å²) in [6.07, 6.45) is 5.15. The zero-order valence-electron chi connectivity index (χ0n) is 12.0. The van der Waals surface area contributed by atoms with Crippen LogP contribution in [0.1, 0.15) is 32.1 Å². The van der Waals surface area contributed by atoms with E-state index in [1.807, 2.05) is 6.92 Å². The molecule has 108 valence electrons. The van der Waals surface area contributed by atoms with Crippen molar-refractivity contribution in [3.05, 3.63) is 12.2 Å². The van der Waals surface area contributed by atoms with Crippen LogP contribution in [0.5, 0.6) is 0 Å². The number of ether oxygens (including phenoxy) is 1. The first-order valence-corrected chi connectivity index (χ1v) is 7.22. The van der Waals surface area contributed by atoms with Crippen LogP contribution in [0, 0.1) is 6.92 Å². The second kappa shape index (κ2) is 5.75. The normalized spacial score (nSPS) is 18.8. The molecule has 0 saturated carbocycles. The van der Waals surface area contributed by atoms with E-state index >= 15 is 0 Å². The Morgan fingerprint density at radius 3 is 3.05 bits per heavy atom. The van der Waals surface area contributed by atoms with Crippen molar-refractivity contribution in [1.29, 1.82) is 0 Å². The summed E-state index contributed by atoms with van der Waals surface area (Å²) in [5, 5.41) is 0. The van der Waals surface area contributed by atoms with Crippen LogP contribution >= 0.6 is 0 Å². The van der Waals surface area contributed by atoms with Crippen molar-refractivity contribution in [2.24, 2.45) is 0 Å². The van der Waals surface area contributed by atoms with Gasteiger partial charge in [0.25, 0.3) is 5.71 Å². The fraction of sp³-hybridized carbons (Fsp3) is 0.643. The second-order valence-corrected chi connectivity index (χ2v) is 5.16. The lowest BCUT2D eigenvalue weighted by Gasteiger charge is -2.25. The molecule has 0 unspecified atom stereocenters. The fourth-order valence-corrected chi connectivity index (χ4v) is 2.67. The minimum atomic E-state index is 0.291. The summed E-state index contributed by atoms with van der Waals surface area (Å²) in [4.78, 5) is 15.2. The maximum Gasteiger partial charge on any atom is 0.252 e. The summed E-state index contributed by atoms with van der Waals surface area (Å²) in [6, 6.07) is 0. The summed E-state index contributed by atoms with van der Waals surface area (Å²) < 4.78 is 11.2. The number of aryl methyl sites for hydroxylation is 1. The van der Waals surface area contributed by atoms with Crippen molar-refractivity contribution in [3.8, 4) is 0 Å². The molecule has 1 aliphatic rings. The van der Waals surface area contributed by atoms with Crippen molar-refractivity contribution in [2.45, 2.75) is 39.2 Å². The molecule has 1 fully saturated rings. The summed E-state index contributed by atoms with van der Waals surface area (Å²) in [6.45, 7) is 6.64. The van der Waals surface area contributed by atoms with E-state index in [0.717, 1.165) is 50.3 Å². The first-order valence-electron chi connectivity index (χ1n) is 7.22. The molecule has 1 atom stereocenters. The number of hydrogen-bond donors (Lipinski definition) is 0. The number of fused-ring (bicyclic) bond motifs is 1. The van der Waals surface area contributed by atoms with Gasteiger partial charge in [0.2, 0.25) is 0 Å². The molecule has 1 aliphatic heterocycles. The molecule has 0 radical (unpaired) electrons. The summed E-state index contributed by atoms with van der Waals surface area (Å²) in [5.41, 5.74) is 1.30. The molecule has 0 N–H and O–H groups in total. The Morgan fingerprint density at radius 2 is 2.30 bits per heavy atom. The third kappa shape index (κ3) is 2.60. The van der Waals surface area contributed by atoms with Crippen LogP contribution in [0.25, 0.3) is 11.2 Å². The average molecular weight is 276 g/mol. The number of oxazole rings is 1. The number of hydrogen-bond acceptors (Lipinski definition) is 6. The van der Waals surface area contributed by atoms with Gasteiger partial charge in [-0.2, -0.15) is 4.98 Å². The van der Waals surface area contributed by atoms with E-state index in [9.17, 15) is 0 Å². The molecule has 6 nitrogen and oxygen atoms in total. The van der Waals surface area contributed by atoms with Crippen molar-refractivity contribution >= 4 is 17.0 Å². The van der Waals surface area contributed by atoms with Crippen LogP contribution in [0.4, 0.5) is 5.82 Å². The summed E-state index contributed by atoms with van der Waals surface area (Å²) >= 11 is 0. The highest BCUT2D eigenvalue weighted by atomic mass is 16.5. The van der Waals surface area contributed by atoms with E-state index < -0.39 is 0 Å². The van der Waals surface area contributed by atoms with E-state index in [1.165, 1.54) is 0 Å². The molecule has 0 spiro atoms. The molecule has 20 heavy (non-hydrogen) atoms. The van der Waals surface area contributed by atoms with E-state index in [-0.39, 0.29) is 0 Å². The Labute approximate surface area is 118 Å². The van der Waals surface area contributed by atoms with Crippen molar-refractivity contribution in [3.63, 3.8) is 0 Å². The van der Waals surface area contributed by atoms with E-state index in [2.05, 4.69) is 26.8 Å². The summed E-state index contributed by atoms with van der Waals surface area (Å²) in [7, 11) is 0. The van der Waals surface area contributed by atoms with Crippen LogP contribution in [0.15, 0.2) is 10.7 Å². The van der Waals surface area contributed by atoms with Crippen LogP contribution in [0.2, 0.25) is 0 Å². The minimum Gasteiger partial charge on any atom is -0.422 e. The third-order valence-electron chi connectivity index (χ3n) is 3.52. The maximum absolute atomic E-state index is 5.74. The Hall–Kier alpha value is -1.69. The highest BCUT2D eigenvalue weighted by Crippen LogP contribution is 2.24. The van der Waals surface area contributed by atoms with E-state index in [0.29, 0.717) is 17.7 Å². The van der Waals surface area contributed by atoms with Crippen molar-refractivity contribution < 1.29 is 9.15 Å². The van der Waals surface area contributed by atoms with Crippen LogP contribution < -0.4 is 4.90 Å². The minimum absolute atomic E-state index is 0.291. The first kappa shape index (κ1) is 13.3. The molecule has 3 heterocycles. The van der Waals surface area contributed by atoms with Crippen molar-refractivity contribution in [1.82, 2.24) is 15.0 Å². The molecule has 0 bridgehead atoms. The number of aromatic nitrogens is 3. The quantitative estimate of drug-likeness (QED) is 0.835. The third-order valence-corrected chi connectivity index (χ3v) is 3.52. The Bertz CT molecular complexity index is 578. The summed E-state index contributed by atoms with van der Waals surface area (Å²) in [5.74, 6) is 1.47. The molecule has 0 aliphatic carbocycles. The van der Waals surface area contributed by atoms with Gasteiger partial charge in [0, 0.05) is 26.6 Å². The van der Waals surface area contributed by atoms with Gasteiger partial charge in [-0.3, -0.25) is 0 Å². The SMILES string of the molecule is CCCN(C[C@H]1CCCO1)c1ncnc2oc(C)nc12. The van der Waals surface area contributed by atoms with Gasteiger partial charge in [0.05, 0.1) is 6.10 Å². The molecule has 3 rings (SSSR count). The van der Waals surface area contributed by atoms with Crippen LogP contribution in [-0.4, -0.2) is 40.8 Å². The van der Waals surface area contributed by atoms with Gasteiger partial charge in [-0.25, -0.2) is 9.97 Å². The molecule has 6 heteroatoms. The van der Waals surface area contributed by atoms with Gasteiger partial charge in [-0.15, -0.1) is 0 Å². The molecule has 1 saturated heterocycles. The highest BCUT2D eigenvalue weighted by Gasteiger charge is 2.22. The van der Waals surface area contributed by atoms with Gasteiger partial charge in [0.15, 0.2) is 17.2 Å². The predicted octanol–water partition coefficient (Wildman–Crippen LogP) is 2.32. The lowest BCUT2D eigenvalue weighted by molar-refractivity contribution is 0.115. The predicted molar refractivity (Wildman–Crippen MR) is 75.8 cm³/mol. The van der Waals surface area contributed by atoms with Gasteiger partial charge in [-0.1, -0.05) is 6.92 Å². The van der Waals surface area contributed by atoms with E-state index in [1.54, 1.807) is 6.33 Å². The number of anilines is 1. The molecule has 2 aromatic rings. The monoisotopic (exact) mass is 276 g/mol. The smallest absolute Gasteiger partial charge is 0.252 e. The first-order chi connectivity index (χ1) is 9.78.